The standard InChI is InChI=1S/C13H13F2N3O/c1-7-12(16-3)17-8(2)18-13(7)19-11-5-9(14)4-10(15)6-11/h4-6H,1-3H3,(H,16,17,18). The maximum atomic E-state index is 13.1. The highest BCUT2D eigenvalue weighted by Gasteiger charge is 2.11. The van der Waals surface area contributed by atoms with Gasteiger partial charge < -0.3 is 10.1 Å². The summed E-state index contributed by atoms with van der Waals surface area (Å²) in [5.74, 6) is 0.0309. The van der Waals surface area contributed by atoms with Crippen molar-refractivity contribution in [1.29, 1.82) is 0 Å². The molecule has 0 saturated heterocycles. The molecule has 0 radical (unpaired) electrons. The lowest BCUT2D eigenvalue weighted by Crippen LogP contribution is -2.03. The predicted molar refractivity (Wildman–Crippen MR) is 67.5 cm³/mol. The smallest absolute Gasteiger partial charge is 0.227 e. The largest absolute Gasteiger partial charge is 0.438 e. The van der Waals surface area contributed by atoms with Crippen molar-refractivity contribution in [3.63, 3.8) is 0 Å². The lowest BCUT2D eigenvalue weighted by molar-refractivity contribution is 0.445. The molecule has 1 heterocycles. The number of benzene rings is 1. The third-order valence-electron chi connectivity index (χ3n) is 2.50. The summed E-state index contributed by atoms with van der Waals surface area (Å²) in [6.07, 6.45) is 0. The summed E-state index contributed by atoms with van der Waals surface area (Å²) < 4.78 is 31.6. The van der Waals surface area contributed by atoms with E-state index in [9.17, 15) is 8.78 Å². The SMILES string of the molecule is CNc1nc(C)nc(Oc2cc(F)cc(F)c2)c1C. The quantitative estimate of drug-likeness (QED) is 0.925. The van der Waals surface area contributed by atoms with E-state index in [-0.39, 0.29) is 11.6 Å². The molecule has 4 nitrogen and oxygen atoms in total. The molecule has 0 aliphatic rings. The van der Waals surface area contributed by atoms with Gasteiger partial charge in [-0.3, -0.25) is 0 Å². The number of ether oxygens (including phenoxy) is 1. The summed E-state index contributed by atoms with van der Waals surface area (Å²) in [5, 5.41) is 2.91. The molecule has 2 aromatic rings. The Balaban J connectivity index is 2.40. The predicted octanol–water partition coefficient (Wildman–Crippen LogP) is 3.21. The Morgan fingerprint density at radius 3 is 2.26 bits per heavy atom. The zero-order chi connectivity index (χ0) is 14.0. The van der Waals surface area contributed by atoms with E-state index in [1.165, 1.54) is 0 Å². The highest BCUT2D eigenvalue weighted by atomic mass is 19.1. The van der Waals surface area contributed by atoms with Crippen LogP contribution in [0.5, 0.6) is 11.6 Å². The van der Waals surface area contributed by atoms with E-state index in [1.54, 1.807) is 20.9 Å². The van der Waals surface area contributed by atoms with Crippen molar-refractivity contribution in [2.45, 2.75) is 13.8 Å². The molecule has 1 aromatic heterocycles. The molecule has 0 saturated carbocycles. The average molecular weight is 265 g/mol. The molecule has 0 aliphatic heterocycles. The molecule has 0 fully saturated rings. The van der Waals surface area contributed by atoms with Crippen molar-refractivity contribution in [2.75, 3.05) is 12.4 Å². The van der Waals surface area contributed by atoms with Crippen molar-refractivity contribution in [1.82, 2.24) is 9.97 Å². The monoisotopic (exact) mass is 265 g/mol. The fraction of sp³-hybridized carbons (Fsp3) is 0.231. The van der Waals surface area contributed by atoms with Crippen LogP contribution in [-0.2, 0) is 0 Å². The molecule has 19 heavy (non-hydrogen) atoms. The number of halogens is 2. The lowest BCUT2D eigenvalue weighted by atomic mass is 10.3. The highest BCUT2D eigenvalue weighted by molar-refractivity contribution is 5.49. The molecule has 0 unspecified atom stereocenters. The normalized spacial score (nSPS) is 10.4. The van der Waals surface area contributed by atoms with Crippen LogP contribution >= 0.6 is 0 Å². The summed E-state index contributed by atoms with van der Waals surface area (Å²) >= 11 is 0. The van der Waals surface area contributed by atoms with Gasteiger partial charge in [0.05, 0.1) is 5.56 Å². The van der Waals surface area contributed by atoms with Gasteiger partial charge in [0.2, 0.25) is 5.88 Å². The second-order valence-corrected chi connectivity index (χ2v) is 4.01. The first-order valence-corrected chi connectivity index (χ1v) is 5.66. The minimum atomic E-state index is -0.702. The van der Waals surface area contributed by atoms with E-state index in [0.29, 0.717) is 17.2 Å². The fourth-order valence-electron chi connectivity index (χ4n) is 1.64. The van der Waals surface area contributed by atoms with Crippen molar-refractivity contribution in [3.05, 3.63) is 41.2 Å². The molecule has 1 N–H and O–H groups in total. The maximum Gasteiger partial charge on any atom is 0.227 e. The average Bonchev–Trinajstić information content (AvgIpc) is 2.32. The van der Waals surface area contributed by atoms with Gasteiger partial charge in [0, 0.05) is 25.2 Å². The van der Waals surface area contributed by atoms with Crippen molar-refractivity contribution >= 4 is 5.82 Å². The van der Waals surface area contributed by atoms with E-state index in [1.807, 2.05) is 0 Å². The summed E-state index contributed by atoms with van der Waals surface area (Å²) in [4.78, 5) is 8.30. The van der Waals surface area contributed by atoms with Crippen LogP contribution in [0.25, 0.3) is 0 Å². The minimum absolute atomic E-state index is 0.0563. The molecule has 6 heteroatoms. The van der Waals surface area contributed by atoms with Crippen molar-refractivity contribution < 1.29 is 13.5 Å². The van der Waals surface area contributed by atoms with Crippen LogP contribution < -0.4 is 10.1 Å². The number of hydrogen-bond acceptors (Lipinski definition) is 4. The Morgan fingerprint density at radius 2 is 1.68 bits per heavy atom. The first-order valence-electron chi connectivity index (χ1n) is 5.66. The van der Waals surface area contributed by atoms with E-state index < -0.39 is 11.6 Å². The Bertz CT molecular complexity index is 597. The number of rotatable bonds is 3. The summed E-state index contributed by atoms with van der Waals surface area (Å²) in [5.41, 5.74) is 0.665. The Hall–Kier alpha value is -2.24. The first-order chi connectivity index (χ1) is 8.99. The molecule has 0 aliphatic carbocycles. The van der Waals surface area contributed by atoms with Gasteiger partial charge in [0.1, 0.15) is 29.0 Å². The topological polar surface area (TPSA) is 47.0 Å². The Labute approximate surface area is 109 Å². The molecule has 100 valence electrons. The van der Waals surface area contributed by atoms with Gasteiger partial charge in [0.15, 0.2) is 0 Å². The van der Waals surface area contributed by atoms with Crippen LogP contribution in [0, 0.1) is 25.5 Å². The maximum absolute atomic E-state index is 13.1. The molecular weight excluding hydrogens is 252 g/mol. The fourth-order valence-corrected chi connectivity index (χ4v) is 1.64. The van der Waals surface area contributed by atoms with Gasteiger partial charge in [-0.15, -0.1) is 0 Å². The summed E-state index contributed by atoms with van der Waals surface area (Å²) in [7, 11) is 1.72. The van der Waals surface area contributed by atoms with Gasteiger partial charge in [0.25, 0.3) is 0 Å². The molecular formula is C13H13F2N3O. The summed E-state index contributed by atoms with van der Waals surface area (Å²) in [6, 6.07) is 2.97. The molecule has 2 rings (SSSR count). The van der Waals surface area contributed by atoms with Gasteiger partial charge in [-0.25, -0.2) is 13.8 Å². The van der Waals surface area contributed by atoms with Crippen LogP contribution in [0.3, 0.4) is 0 Å². The molecule has 0 amide bonds. The number of aryl methyl sites for hydroxylation is 1. The first kappa shape index (κ1) is 13.2. The van der Waals surface area contributed by atoms with E-state index in [2.05, 4.69) is 15.3 Å². The number of anilines is 1. The van der Waals surface area contributed by atoms with E-state index in [0.717, 1.165) is 18.2 Å². The van der Waals surface area contributed by atoms with Crippen LogP contribution in [-0.4, -0.2) is 17.0 Å². The van der Waals surface area contributed by atoms with Crippen molar-refractivity contribution in [2.24, 2.45) is 0 Å². The van der Waals surface area contributed by atoms with Gasteiger partial charge in [-0.1, -0.05) is 0 Å². The second-order valence-electron chi connectivity index (χ2n) is 4.01. The third kappa shape index (κ3) is 2.96. The number of hydrogen-bond donors (Lipinski definition) is 1. The molecule has 1 aromatic carbocycles. The zero-order valence-electron chi connectivity index (χ0n) is 10.8. The van der Waals surface area contributed by atoms with Gasteiger partial charge in [-0.05, 0) is 13.8 Å². The Morgan fingerprint density at radius 1 is 1.05 bits per heavy atom. The van der Waals surface area contributed by atoms with Gasteiger partial charge in [-0.2, -0.15) is 4.98 Å². The molecule has 0 atom stereocenters. The van der Waals surface area contributed by atoms with Crippen LogP contribution in [0.2, 0.25) is 0 Å². The van der Waals surface area contributed by atoms with Gasteiger partial charge >= 0.3 is 0 Å². The second kappa shape index (κ2) is 5.17. The summed E-state index contributed by atoms with van der Waals surface area (Å²) in [6.45, 7) is 3.47. The third-order valence-corrected chi connectivity index (χ3v) is 2.50. The lowest BCUT2D eigenvalue weighted by Gasteiger charge is -2.11. The van der Waals surface area contributed by atoms with Crippen molar-refractivity contribution in [3.8, 4) is 11.6 Å². The van der Waals surface area contributed by atoms with E-state index in [4.69, 9.17) is 4.74 Å². The Kier molecular flexibility index (Phi) is 3.59. The van der Waals surface area contributed by atoms with E-state index >= 15 is 0 Å². The molecule has 0 spiro atoms. The minimum Gasteiger partial charge on any atom is -0.438 e. The number of nitrogens with one attached hydrogen (secondary N) is 1. The zero-order valence-corrected chi connectivity index (χ0v) is 10.8. The van der Waals surface area contributed by atoms with Crippen LogP contribution in [0.1, 0.15) is 11.4 Å². The molecule has 0 bridgehead atoms. The van der Waals surface area contributed by atoms with Crippen LogP contribution in [0.15, 0.2) is 18.2 Å². The number of aromatic nitrogens is 2. The number of nitrogens with zero attached hydrogens (tertiary/aromatic N) is 2. The highest BCUT2D eigenvalue weighted by Crippen LogP contribution is 2.27. The van der Waals surface area contributed by atoms with Crippen LogP contribution in [0.4, 0.5) is 14.6 Å².